The van der Waals surface area contributed by atoms with Gasteiger partial charge in [0.25, 0.3) is 0 Å². The van der Waals surface area contributed by atoms with E-state index in [-0.39, 0.29) is 5.56 Å². The Bertz CT molecular complexity index is 696. The highest BCUT2D eigenvalue weighted by Gasteiger charge is 2.06. The van der Waals surface area contributed by atoms with Crippen LogP contribution in [0.4, 0.5) is 5.69 Å². The predicted octanol–water partition coefficient (Wildman–Crippen LogP) is 2.52. The van der Waals surface area contributed by atoms with Gasteiger partial charge in [0.1, 0.15) is 11.8 Å². The second-order valence-electron chi connectivity index (χ2n) is 4.64. The SMILES string of the molecule is Cc1cc(C(=O)O)ccc1NCc1cc(C#N)n(C)c1. The highest BCUT2D eigenvalue weighted by Crippen LogP contribution is 2.18. The molecule has 0 saturated heterocycles. The summed E-state index contributed by atoms with van der Waals surface area (Å²) in [6.07, 6.45) is 1.90. The Morgan fingerprint density at radius 2 is 2.20 bits per heavy atom. The number of rotatable bonds is 4. The summed E-state index contributed by atoms with van der Waals surface area (Å²) >= 11 is 0. The summed E-state index contributed by atoms with van der Waals surface area (Å²) in [7, 11) is 1.83. The van der Waals surface area contributed by atoms with Gasteiger partial charge >= 0.3 is 5.97 Å². The van der Waals surface area contributed by atoms with Crippen LogP contribution in [0.2, 0.25) is 0 Å². The maximum atomic E-state index is 10.9. The minimum atomic E-state index is -0.929. The number of carboxylic acids is 1. The van der Waals surface area contributed by atoms with Gasteiger partial charge in [0, 0.05) is 25.5 Å². The minimum absolute atomic E-state index is 0.277. The molecule has 2 rings (SSSR count). The number of benzene rings is 1. The van der Waals surface area contributed by atoms with Gasteiger partial charge in [0.05, 0.1) is 5.56 Å². The van der Waals surface area contributed by atoms with Crippen LogP contribution in [-0.4, -0.2) is 15.6 Å². The molecule has 102 valence electrons. The monoisotopic (exact) mass is 269 g/mol. The zero-order valence-electron chi connectivity index (χ0n) is 11.3. The molecule has 5 heteroatoms. The molecule has 0 amide bonds. The van der Waals surface area contributed by atoms with Crippen molar-refractivity contribution in [2.24, 2.45) is 7.05 Å². The number of nitrogens with zero attached hydrogens (tertiary/aromatic N) is 2. The molecule has 1 heterocycles. The molecule has 0 unspecified atom stereocenters. The third-order valence-electron chi connectivity index (χ3n) is 3.13. The second-order valence-corrected chi connectivity index (χ2v) is 4.64. The number of carbonyl (C=O) groups is 1. The number of aryl methyl sites for hydroxylation is 2. The first kappa shape index (κ1) is 13.7. The lowest BCUT2D eigenvalue weighted by Crippen LogP contribution is -2.02. The number of aromatic nitrogens is 1. The number of anilines is 1. The molecule has 0 spiro atoms. The molecule has 0 aliphatic carbocycles. The first-order valence-electron chi connectivity index (χ1n) is 6.14. The van der Waals surface area contributed by atoms with Crippen LogP contribution in [0.15, 0.2) is 30.5 Å². The van der Waals surface area contributed by atoms with Crippen LogP contribution in [-0.2, 0) is 13.6 Å². The summed E-state index contributed by atoms with van der Waals surface area (Å²) < 4.78 is 1.78. The van der Waals surface area contributed by atoms with E-state index in [1.807, 2.05) is 26.2 Å². The van der Waals surface area contributed by atoms with Gasteiger partial charge in [0.15, 0.2) is 0 Å². The molecule has 1 aromatic carbocycles. The third-order valence-corrected chi connectivity index (χ3v) is 3.13. The number of nitriles is 1. The van der Waals surface area contributed by atoms with Crippen molar-refractivity contribution < 1.29 is 9.90 Å². The van der Waals surface area contributed by atoms with Crippen molar-refractivity contribution in [1.29, 1.82) is 5.26 Å². The lowest BCUT2D eigenvalue weighted by Gasteiger charge is -2.09. The van der Waals surface area contributed by atoms with Gasteiger partial charge in [-0.15, -0.1) is 0 Å². The van der Waals surface area contributed by atoms with Crippen molar-refractivity contribution in [3.05, 3.63) is 52.8 Å². The molecule has 0 bridgehead atoms. The molecule has 0 fully saturated rings. The van der Waals surface area contributed by atoms with E-state index in [0.29, 0.717) is 12.2 Å². The van der Waals surface area contributed by atoms with Crippen molar-refractivity contribution in [2.75, 3.05) is 5.32 Å². The molecule has 0 saturated carbocycles. The number of carboxylic acid groups (broad SMARTS) is 1. The number of hydrogen-bond acceptors (Lipinski definition) is 3. The summed E-state index contributed by atoms with van der Waals surface area (Å²) in [5, 5.41) is 21.1. The number of nitrogens with one attached hydrogen (secondary N) is 1. The van der Waals surface area contributed by atoms with Gasteiger partial charge in [-0.3, -0.25) is 0 Å². The molecule has 1 aromatic heterocycles. The zero-order valence-corrected chi connectivity index (χ0v) is 11.3. The van der Waals surface area contributed by atoms with E-state index in [0.717, 1.165) is 16.8 Å². The third kappa shape index (κ3) is 2.81. The lowest BCUT2D eigenvalue weighted by atomic mass is 10.1. The first-order valence-corrected chi connectivity index (χ1v) is 6.14. The van der Waals surface area contributed by atoms with E-state index < -0.39 is 5.97 Å². The van der Waals surface area contributed by atoms with Crippen LogP contribution in [0.5, 0.6) is 0 Å². The predicted molar refractivity (Wildman–Crippen MR) is 75.6 cm³/mol. The number of hydrogen-bond donors (Lipinski definition) is 2. The normalized spacial score (nSPS) is 10.1. The maximum Gasteiger partial charge on any atom is 0.335 e. The van der Waals surface area contributed by atoms with Crippen LogP contribution < -0.4 is 5.32 Å². The Labute approximate surface area is 117 Å². The smallest absolute Gasteiger partial charge is 0.335 e. The quantitative estimate of drug-likeness (QED) is 0.894. The Morgan fingerprint density at radius 3 is 2.75 bits per heavy atom. The summed E-state index contributed by atoms with van der Waals surface area (Å²) in [5.41, 5.74) is 3.66. The fourth-order valence-electron chi connectivity index (χ4n) is 2.03. The fraction of sp³-hybridized carbons (Fsp3) is 0.200. The van der Waals surface area contributed by atoms with Gasteiger partial charge in [-0.25, -0.2) is 4.79 Å². The Hall–Kier alpha value is -2.74. The topological polar surface area (TPSA) is 78.1 Å². The molecule has 0 atom stereocenters. The molecule has 2 aromatic rings. The molecular formula is C15H15N3O2. The zero-order chi connectivity index (χ0) is 14.7. The van der Waals surface area contributed by atoms with Gasteiger partial charge in [-0.1, -0.05) is 0 Å². The highest BCUT2D eigenvalue weighted by molar-refractivity contribution is 5.88. The molecule has 20 heavy (non-hydrogen) atoms. The van der Waals surface area contributed by atoms with E-state index in [1.54, 1.807) is 22.8 Å². The van der Waals surface area contributed by atoms with E-state index in [4.69, 9.17) is 10.4 Å². The van der Waals surface area contributed by atoms with Gasteiger partial charge in [0.2, 0.25) is 0 Å². The Kier molecular flexibility index (Phi) is 3.76. The van der Waals surface area contributed by atoms with Crippen molar-refractivity contribution in [3.8, 4) is 6.07 Å². The average Bonchev–Trinajstić information content (AvgIpc) is 2.77. The van der Waals surface area contributed by atoms with Crippen molar-refractivity contribution in [1.82, 2.24) is 4.57 Å². The van der Waals surface area contributed by atoms with Crippen molar-refractivity contribution >= 4 is 11.7 Å². The first-order chi connectivity index (χ1) is 9.51. The molecule has 5 nitrogen and oxygen atoms in total. The van der Waals surface area contributed by atoms with E-state index in [2.05, 4.69) is 11.4 Å². The lowest BCUT2D eigenvalue weighted by molar-refractivity contribution is 0.0697. The summed E-state index contributed by atoms with van der Waals surface area (Å²) in [4.78, 5) is 10.9. The van der Waals surface area contributed by atoms with Gasteiger partial charge < -0.3 is 15.0 Å². The van der Waals surface area contributed by atoms with Crippen LogP contribution in [0.25, 0.3) is 0 Å². The van der Waals surface area contributed by atoms with Crippen LogP contribution in [0.3, 0.4) is 0 Å². The van der Waals surface area contributed by atoms with E-state index >= 15 is 0 Å². The molecular weight excluding hydrogens is 254 g/mol. The maximum absolute atomic E-state index is 10.9. The molecule has 0 aliphatic heterocycles. The van der Waals surface area contributed by atoms with Gasteiger partial charge in [-0.05, 0) is 42.3 Å². The summed E-state index contributed by atoms with van der Waals surface area (Å²) in [6.45, 7) is 2.45. The second kappa shape index (κ2) is 5.49. The van der Waals surface area contributed by atoms with Crippen LogP contribution in [0, 0.1) is 18.3 Å². The summed E-state index contributed by atoms with van der Waals surface area (Å²) in [6, 6.07) is 8.91. The number of aromatic carboxylic acids is 1. The minimum Gasteiger partial charge on any atom is -0.478 e. The highest BCUT2D eigenvalue weighted by atomic mass is 16.4. The van der Waals surface area contributed by atoms with Crippen LogP contribution >= 0.6 is 0 Å². The van der Waals surface area contributed by atoms with E-state index in [1.165, 1.54) is 0 Å². The standard InChI is InChI=1S/C15H15N3O2/c1-10-5-12(15(19)20)3-4-14(10)17-8-11-6-13(7-16)18(2)9-11/h3-6,9,17H,8H2,1-2H3,(H,19,20). The van der Waals surface area contributed by atoms with E-state index in [9.17, 15) is 4.79 Å². The van der Waals surface area contributed by atoms with Crippen molar-refractivity contribution in [2.45, 2.75) is 13.5 Å². The summed E-state index contributed by atoms with van der Waals surface area (Å²) in [5.74, 6) is -0.929. The van der Waals surface area contributed by atoms with Crippen LogP contribution in [0.1, 0.15) is 27.2 Å². The molecule has 0 radical (unpaired) electrons. The molecule has 2 N–H and O–H groups in total. The fourth-order valence-corrected chi connectivity index (χ4v) is 2.03. The Morgan fingerprint density at radius 1 is 1.45 bits per heavy atom. The van der Waals surface area contributed by atoms with Gasteiger partial charge in [-0.2, -0.15) is 5.26 Å². The largest absolute Gasteiger partial charge is 0.478 e. The Balaban J connectivity index is 2.11. The average molecular weight is 269 g/mol. The van der Waals surface area contributed by atoms with Crippen molar-refractivity contribution in [3.63, 3.8) is 0 Å². The molecule has 0 aliphatic rings.